The lowest BCUT2D eigenvalue weighted by Gasteiger charge is -2.41. The molecule has 0 unspecified atom stereocenters. The van der Waals surface area contributed by atoms with Crippen molar-refractivity contribution in [2.24, 2.45) is 5.92 Å². The van der Waals surface area contributed by atoms with Gasteiger partial charge in [-0.05, 0) is 37.3 Å². The second-order valence-corrected chi connectivity index (χ2v) is 6.32. The van der Waals surface area contributed by atoms with E-state index in [0.29, 0.717) is 5.92 Å². The summed E-state index contributed by atoms with van der Waals surface area (Å²) in [6, 6.07) is 8.54. The predicted molar refractivity (Wildman–Crippen MR) is 82.1 cm³/mol. The van der Waals surface area contributed by atoms with Crippen LogP contribution in [-0.2, 0) is 15.1 Å². The molecule has 1 saturated heterocycles. The van der Waals surface area contributed by atoms with Gasteiger partial charge in [-0.1, -0.05) is 42.5 Å². The molecule has 1 aromatic rings. The highest BCUT2D eigenvalue weighted by molar-refractivity contribution is 5.96. The summed E-state index contributed by atoms with van der Waals surface area (Å²) in [6.07, 6.45) is 9.87. The van der Waals surface area contributed by atoms with E-state index in [4.69, 9.17) is 4.74 Å². The second kappa shape index (κ2) is 4.67. The van der Waals surface area contributed by atoms with Gasteiger partial charge in [0.2, 0.25) is 0 Å². The van der Waals surface area contributed by atoms with Gasteiger partial charge in [-0.3, -0.25) is 4.79 Å². The molecule has 2 nitrogen and oxygen atoms in total. The van der Waals surface area contributed by atoms with Crippen LogP contribution in [0.5, 0.6) is 0 Å². The molecule has 21 heavy (non-hydrogen) atoms. The van der Waals surface area contributed by atoms with E-state index in [9.17, 15) is 4.79 Å². The monoisotopic (exact) mass is 280 g/mol. The Labute approximate surface area is 125 Å². The quantitative estimate of drug-likeness (QED) is 0.730. The van der Waals surface area contributed by atoms with Crippen molar-refractivity contribution in [3.8, 4) is 0 Å². The number of Topliss-reactive ketones (excluding diaryl/α,β-unsaturated/α-hetero) is 1. The summed E-state index contributed by atoms with van der Waals surface area (Å²) < 4.78 is 6.28. The first-order valence-electron chi connectivity index (χ1n) is 7.87. The summed E-state index contributed by atoms with van der Waals surface area (Å²) in [7, 11) is 0. The zero-order valence-electron chi connectivity index (χ0n) is 12.3. The van der Waals surface area contributed by atoms with E-state index >= 15 is 0 Å². The minimum atomic E-state index is -0.542. The van der Waals surface area contributed by atoms with E-state index in [1.54, 1.807) is 6.92 Å². The maximum Gasteiger partial charge on any atom is 0.158 e. The van der Waals surface area contributed by atoms with Crippen LogP contribution in [-0.4, -0.2) is 12.4 Å². The van der Waals surface area contributed by atoms with Gasteiger partial charge in [-0.25, -0.2) is 0 Å². The van der Waals surface area contributed by atoms with Crippen molar-refractivity contribution < 1.29 is 9.53 Å². The third-order valence-electron chi connectivity index (χ3n) is 5.20. The lowest BCUT2D eigenvalue weighted by Crippen LogP contribution is -2.40. The molecule has 0 N–H and O–H groups in total. The average Bonchev–Trinajstić information content (AvgIpc) is 2.92. The van der Waals surface area contributed by atoms with Crippen LogP contribution < -0.4 is 0 Å². The molecule has 0 saturated carbocycles. The summed E-state index contributed by atoms with van der Waals surface area (Å²) in [4.78, 5) is 12.3. The zero-order chi connectivity index (χ0) is 14.4. The van der Waals surface area contributed by atoms with E-state index in [0.717, 1.165) is 31.4 Å². The van der Waals surface area contributed by atoms with Crippen LogP contribution in [0.15, 0.2) is 48.1 Å². The summed E-state index contributed by atoms with van der Waals surface area (Å²) in [5, 5.41) is 0. The minimum absolute atomic E-state index is 0.150. The van der Waals surface area contributed by atoms with Gasteiger partial charge in [-0.15, -0.1) is 0 Å². The predicted octanol–water partition coefficient (Wildman–Crippen LogP) is 3.88. The van der Waals surface area contributed by atoms with Crippen LogP contribution >= 0.6 is 0 Å². The third kappa shape index (κ3) is 1.72. The normalized spacial score (nSPS) is 35.0. The minimum Gasteiger partial charge on any atom is -0.365 e. The number of hydrogen-bond acceptors (Lipinski definition) is 2. The summed E-state index contributed by atoms with van der Waals surface area (Å²) >= 11 is 0. The number of benzene rings is 1. The summed E-state index contributed by atoms with van der Waals surface area (Å²) in [5.41, 5.74) is 2.90. The molecule has 3 atom stereocenters. The lowest BCUT2D eigenvalue weighted by atomic mass is 9.67. The van der Waals surface area contributed by atoms with Crippen molar-refractivity contribution in [1.82, 2.24) is 0 Å². The Morgan fingerprint density at radius 3 is 3.00 bits per heavy atom. The maximum absolute atomic E-state index is 12.3. The number of rotatable bonds is 1. The first-order chi connectivity index (χ1) is 10.2. The smallest absolute Gasteiger partial charge is 0.158 e. The van der Waals surface area contributed by atoms with Crippen LogP contribution in [0, 0.1) is 5.92 Å². The highest BCUT2D eigenvalue weighted by Crippen LogP contribution is 2.54. The van der Waals surface area contributed by atoms with E-state index in [1.807, 2.05) is 0 Å². The molecule has 0 amide bonds. The number of ketones is 1. The van der Waals surface area contributed by atoms with Gasteiger partial charge in [-0.2, -0.15) is 0 Å². The molecule has 108 valence electrons. The molecule has 2 heteroatoms. The zero-order valence-corrected chi connectivity index (χ0v) is 12.3. The summed E-state index contributed by atoms with van der Waals surface area (Å²) in [6.45, 7) is 2.40. The number of carbonyl (C=O) groups is 1. The van der Waals surface area contributed by atoms with Crippen molar-refractivity contribution in [3.63, 3.8) is 0 Å². The Kier molecular flexibility index (Phi) is 2.90. The fourth-order valence-electron chi connectivity index (χ4n) is 4.32. The topological polar surface area (TPSA) is 26.3 Å². The third-order valence-corrected chi connectivity index (χ3v) is 5.20. The van der Waals surface area contributed by atoms with E-state index in [-0.39, 0.29) is 11.7 Å². The van der Waals surface area contributed by atoms with Crippen LogP contribution in [0.4, 0.5) is 0 Å². The molecule has 0 radical (unpaired) electrons. The molecule has 2 bridgehead atoms. The Bertz CT molecular complexity index is 655. The van der Waals surface area contributed by atoms with Crippen LogP contribution in [0.3, 0.4) is 0 Å². The SMILES string of the molecule is CC(=O)C1=C[C@H]2CC/C=C\[C@H]3CCO[C@@]13c1ccccc12. The van der Waals surface area contributed by atoms with Crippen molar-refractivity contribution in [2.75, 3.05) is 6.61 Å². The fourth-order valence-corrected chi connectivity index (χ4v) is 4.32. The molecule has 1 fully saturated rings. The highest BCUT2D eigenvalue weighted by Gasteiger charge is 2.52. The van der Waals surface area contributed by atoms with Gasteiger partial charge in [0.05, 0.1) is 0 Å². The molecule has 3 aliphatic rings. The number of ether oxygens (including phenoxy) is 1. The molecule has 4 rings (SSSR count). The number of fused-ring (bicyclic) bond motifs is 3. The molecule has 1 aromatic carbocycles. The highest BCUT2D eigenvalue weighted by atomic mass is 16.5. The van der Waals surface area contributed by atoms with Gasteiger partial charge < -0.3 is 4.74 Å². The molecule has 2 aliphatic carbocycles. The Balaban J connectivity index is 2.04. The maximum atomic E-state index is 12.3. The molecule has 1 spiro atoms. The fraction of sp³-hybridized carbons (Fsp3) is 0.421. The average molecular weight is 280 g/mol. The molecular weight excluding hydrogens is 260 g/mol. The van der Waals surface area contributed by atoms with E-state index < -0.39 is 5.60 Å². The van der Waals surface area contributed by atoms with Crippen molar-refractivity contribution >= 4 is 5.78 Å². The number of hydrogen-bond donors (Lipinski definition) is 0. The molecule has 1 aliphatic heterocycles. The summed E-state index contributed by atoms with van der Waals surface area (Å²) in [5.74, 6) is 0.753. The van der Waals surface area contributed by atoms with E-state index in [1.165, 1.54) is 11.1 Å². The van der Waals surface area contributed by atoms with Gasteiger partial charge in [0, 0.05) is 24.0 Å². The number of carbonyl (C=O) groups excluding carboxylic acids is 1. The largest absolute Gasteiger partial charge is 0.365 e. The van der Waals surface area contributed by atoms with Crippen molar-refractivity contribution in [3.05, 3.63) is 59.2 Å². The van der Waals surface area contributed by atoms with Crippen LogP contribution in [0.25, 0.3) is 0 Å². The Morgan fingerprint density at radius 1 is 1.29 bits per heavy atom. The number of allylic oxidation sites excluding steroid dienone is 2. The standard InChI is InChI=1S/C19H20O2/c1-13(20)18-12-14-6-2-3-7-15-10-11-21-19(15,18)17-9-5-4-8-16(14)17/h3-5,7-9,12,14-15H,2,6,10-11H2,1H3/b7-3-/t14-,15+,19+/m1/s1. The second-order valence-electron chi connectivity index (χ2n) is 6.32. The molecule has 1 heterocycles. The van der Waals surface area contributed by atoms with Crippen molar-refractivity contribution in [1.29, 1.82) is 0 Å². The van der Waals surface area contributed by atoms with Crippen LogP contribution in [0.2, 0.25) is 0 Å². The first-order valence-corrected chi connectivity index (χ1v) is 7.87. The van der Waals surface area contributed by atoms with Crippen molar-refractivity contribution in [2.45, 2.75) is 37.7 Å². The molecular formula is C19H20O2. The molecule has 0 aromatic heterocycles. The lowest BCUT2D eigenvalue weighted by molar-refractivity contribution is -0.117. The van der Waals surface area contributed by atoms with Gasteiger partial charge in [0.25, 0.3) is 0 Å². The Hall–Kier alpha value is -1.67. The van der Waals surface area contributed by atoms with Gasteiger partial charge in [0.15, 0.2) is 5.78 Å². The Morgan fingerprint density at radius 2 is 2.14 bits per heavy atom. The van der Waals surface area contributed by atoms with E-state index in [2.05, 4.69) is 42.5 Å². The first kappa shape index (κ1) is 13.0. The van der Waals surface area contributed by atoms with Gasteiger partial charge >= 0.3 is 0 Å². The van der Waals surface area contributed by atoms with Gasteiger partial charge in [0.1, 0.15) is 5.60 Å². The van der Waals surface area contributed by atoms with Crippen LogP contribution in [0.1, 0.15) is 43.2 Å².